The third-order valence-corrected chi connectivity index (χ3v) is 6.81. The molecule has 4 rings (SSSR count). The normalized spacial score (nSPS) is 28.4. The molecule has 164 valence electrons. The maximum atomic E-state index is 13.2. The van der Waals surface area contributed by atoms with Gasteiger partial charge in [-0.25, -0.2) is 9.69 Å². The summed E-state index contributed by atoms with van der Waals surface area (Å²) >= 11 is 0. The first-order chi connectivity index (χ1) is 14.5. The lowest BCUT2D eigenvalue weighted by atomic mass is 9.77. The fourth-order valence-corrected chi connectivity index (χ4v) is 5.02. The topological polar surface area (TPSA) is 72.3 Å². The third kappa shape index (κ3) is 3.87. The van der Waals surface area contributed by atoms with Crippen LogP contribution in [0.5, 0.6) is 11.5 Å². The average molecular weight is 417 g/mol. The fraction of sp³-hybridized carbons (Fsp3) is 0.652. The molecule has 30 heavy (non-hydrogen) atoms. The number of imide groups is 1. The Balaban J connectivity index is 1.47. The van der Waals surface area contributed by atoms with E-state index in [1.165, 1.54) is 20.9 Å². The highest BCUT2D eigenvalue weighted by Gasteiger charge is 2.53. The summed E-state index contributed by atoms with van der Waals surface area (Å²) in [5.74, 6) is 2.16. The van der Waals surface area contributed by atoms with Crippen LogP contribution in [0.15, 0.2) is 12.1 Å². The number of urea groups is 1. The van der Waals surface area contributed by atoms with Crippen LogP contribution >= 0.6 is 0 Å². The number of fused-ring (bicyclic) bond motifs is 1. The zero-order chi connectivity index (χ0) is 21.3. The number of ether oxygens (including phenoxy) is 2. The highest BCUT2D eigenvalue weighted by molar-refractivity contribution is 6.06. The highest BCUT2D eigenvalue weighted by Crippen LogP contribution is 2.36. The Morgan fingerprint density at radius 2 is 1.73 bits per heavy atom. The smallest absolute Gasteiger partial charge is 0.329 e. The molecule has 1 spiro atoms. The maximum Gasteiger partial charge on any atom is 0.329 e. The fourth-order valence-electron chi connectivity index (χ4n) is 5.02. The molecule has 2 heterocycles. The van der Waals surface area contributed by atoms with E-state index in [1.54, 1.807) is 0 Å². The largest absolute Gasteiger partial charge is 0.490 e. The number of quaternary nitrogens is 1. The molecule has 1 aromatic carbocycles. The van der Waals surface area contributed by atoms with Crippen LogP contribution in [-0.4, -0.2) is 48.8 Å². The van der Waals surface area contributed by atoms with Crippen molar-refractivity contribution >= 4 is 11.9 Å². The molecule has 1 unspecified atom stereocenters. The summed E-state index contributed by atoms with van der Waals surface area (Å²) < 4.78 is 11.5. The second-order valence-electron chi connectivity index (χ2n) is 8.95. The molecular formula is C23H34N3O4+. The number of benzene rings is 1. The Kier molecular flexibility index (Phi) is 5.91. The molecule has 7 heteroatoms. The molecule has 3 aliphatic rings. The molecule has 0 bridgehead atoms. The Morgan fingerprint density at radius 3 is 2.37 bits per heavy atom. The van der Waals surface area contributed by atoms with Crippen LogP contribution in [0, 0.1) is 5.92 Å². The van der Waals surface area contributed by atoms with Crippen molar-refractivity contribution in [3.05, 3.63) is 23.3 Å². The van der Waals surface area contributed by atoms with Gasteiger partial charge in [0.05, 0.1) is 19.8 Å². The third-order valence-electron chi connectivity index (χ3n) is 6.81. The number of amides is 3. The zero-order valence-electron chi connectivity index (χ0n) is 18.4. The molecule has 0 aromatic heterocycles. The summed E-state index contributed by atoms with van der Waals surface area (Å²) in [6.07, 6.45) is 4.39. The van der Waals surface area contributed by atoms with Gasteiger partial charge in [0.2, 0.25) is 0 Å². The van der Waals surface area contributed by atoms with Gasteiger partial charge in [0.1, 0.15) is 12.1 Å². The van der Waals surface area contributed by atoms with E-state index in [-0.39, 0.29) is 11.9 Å². The molecule has 2 aliphatic heterocycles. The van der Waals surface area contributed by atoms with E-state index < -0.39 is 5.54 Å². The van der Waals surface area contributed by atoms with E-state index in [4.69, 9.17) is 9.47 Å². The van der Waals surface area contributed by atoms with Crippen LogP contribution in [0.25, 0.3) is 0 Å². The molecule has 0 radical (unpaired) electrons. The van der Waals surface area contributed by atoms with E-state index in [0.29, 0.717) is 25.8 Å². The van der Waals surface area contributed by atoms with Crippen LogP contribution in [0.2, 0.25) is 0 Å². The van der Waals surface area contributed by atoms with E-state index in [0.717, 1.165) is 56.7 Å². The zero-order valence-corrected chi connectivity index (χ0v) is 18.4. The minimum Gasteiger partial charge on any atom is -0.490 e. The predicted molar refractivity (Wildman–Crippen MR) is 113 cm³/mol. The van der Waals surface area contributed by atoms with Crippen molar-refractivity contribution in [2.24, 2.45) is 5.92 Å². The molecule has 3 amide bonds. The molecular weight excluding hydrogens is 382 g/mol. The number of carbonyl (C=O) groups is 2. The minimum atomic E-state index is -0.661. The monoisotopic (exact) mass is 416 g/mol. The average Bonchev–Trinajstić information content (AvgIpc) is 2.95. The molecule has 1 aromatic rings. The van der Waals surface area contributed by atoms with E-state index in [9.17, 15) is 9.59 Å². The summed E-state index contributed by atoms with van der Waals surface area (Å²) in [6.45, 7) is 9.40. The molecule has 2 N–H and O–H groups in total. The number of rotatable bonds is 6. The van der Waals surface area contributed by atoms with Gasteiger partial charge in [0, 0.05) is 12.0 Å². The lowest BCUT2D eigenvalue weighted by Gasteiger charge is -2.34. The second kappa shape index (κ2) is 8.46. The number of nitrogens with zero attached hydrogens (tertiary/aromatic N) is 1. The first-order valence-corrected chi connectivity index (χ1v) is 11.3. The number of carbonyl (C=O) groups excluding carboxylic acids is 2. The predicted octanol–water partition coefficient (Wildman–Crippen LogP) is 1.88. The summed E-state index contributed by atoms with van der Waals surface area (Å²) in [5, 5.41) is 3.03. The van der Waals surface area contributed by atoms with Crippen LogP contribution < -0.4 is 19.7 Å². The maximum absolute atomic E-state index is 13.2. The van der Waals surface area contributed by atoms with Crippen molar-refractivity contribution in [3.8, 4) is 11.5 Å². The molecule has 1 atom stereocenters. The second-order valence-corrected chi connectivity index (χ2v) is 8.95. The SMILES string of the molecule is CCOc1cc2c(cc1OCC)C[NH+](CN1C(=O)NC3(CCC(C)CC3)C1=O)CC2. The number of hydrogen-bond acceptors (Lipinski definition) is 4. The van der Waals surface area contributed by atoms with Crippen molar-refractivity contribution < 1.29 is 24.0 Å². The van der Waals surface area contributed by atoms with E-state index >= 15 is 0 Å². The Labute approximate surface area is 178 Å². The van der Waals surface area contributed by atoms with Gasteiger partial charge in [-0.05, 0) is 63.1 Å². The molecule has 2 fully saturated rings. The van der Waals surface area contributed by atoms with Crippen molar-refractivity contribution in [3.63, 3.8) is 0 Å². The van der Waals surface area contributed by atoms with Gasteiger partial charge in [-0.15, -0.1) is 0 Å². The van der Waals surface area contributed by atoms with Crippen molar-refractivity contribution in [1.29, 1.82) is 0 Å². The standard InChI is InChI=1S/C23H33N3O4/c1-4-29-19-12-17-8-11-25(14-18(17)13-20(19)30-5-2)15-26-21(27)23(24-22(26)28)9-6-16(3)7-10-23/h12-13,16H,4-11,14-15H2,1-3H3,(H,24,28)/p+1. The Hall–Kier alpha value is -2.28. The summed E-state index contributed by atoms with van der Waals surface area (Å²) in [6, 6.07) is 3.93. The van der Waals surface area contributed by atoms with Gasteiger partial charge >= 0.3 is 6.03 Å². The van der Waals surface area contributed by atoms with Crippen LogP contribution in [0.1, 0.15) is 57.6 Å². The minimum absolute atomic E-state index is 0.0283. The molecule has 1 saturated carbocycles. The Morgan fingerprint density at radius 1 is 1.10 bits per heavy atom. The van der Waals surface area contributed by atoms with Gasteiger partial charge in [-0.1, -0.05) is 6.92 Å². The summed E-state index contributed by atoms with van der Waals surface area (Å²) in [7, 11) is 0. The summed E-state index contributed by atoms with van der Waals surface area (Å²) in [5.41, 5.74) is 1.81. The van der Waals surface area contributed by atoms with Gasteiger partial charge < -0.3 is 19.7 Å². The first kappa shape index (κ1) is 21.0. The van der Waals surface area contributed by atoms with Crippen molar-refractivity contribution in [2.45, 2.75) is 65.0 Å². The van der Waals surface area contributed by atoms with E-state index in [1.807, 2.05) is 13.8 Å². The van der Waals surface area contributed by atoms with Gasteiger partial charge in [-0.3, -0.25) is 4.79 Å². The molecule has 7 nitrogen and oxygen atoms in total. The quantitative estimate of drug-likeness (QED) is 0.695. The van der Waals surface area contributed by atoms with Crippen molar-refractivity contribution in [1.82, 2.24) is 10.2 Å². The van der Waals surface area contributed by atoms with Crippen molar-refractivity contribution in [2.75, 3.05) is 26.4 Å². The van der Waals surface area contributed by atoms with Crippen LogP contribution in [-0.2, 0) is 17.8 Å². The molecule has 1 saturated heterocycles. The summed E-state index contributed by atoms with van der Waals surface area (Å²) in [4.78, 5) is 28.5. The number of hydrogen-bond donors (Lipinski definition) is 2. The van der Waals surface area contributed by atoms with Gasteiger partial charge in [0.15, 0.2) is 18.2 Å². The van der Waals surface area contributed by atoms with Gasteiger partial charge in [-0.2, -0.15) is 0 Å². The lowest BCUT2D eigenvalue weighted by Crippen LogP contribution is -3.13. The highest BCUT2D eigenvalue weighted by atomic mass is 16.5. The van der Waals surface area contributed by atoms with Crippen LogP contribution in [0.4, 0.5) is 4.79 Å². The van der Waals surface area contributed by atoms with Gasteiger partial charge in [0.25, 0.3) is 5.91 Å². The Bertz CT molecular complexity index is 817. The van der Waals surface area contributed by atoms with E-state index in [2.05, 4.69) is 24.4 Å². The molecule has 1 aliphatic carbocycles. The number of nitrogens with one attached hydrogen (secondary N) is 2. The first-order valence-electron chi connectivity index (χ1n) is 11.3. The van der Waals surface area contributed by atoms with Crippen LogP contribution in [0.3, 0.4) is 0 Å². The lowest BCUT2D eigenvalue weighted by molar-refractivity contribution is -0.923.